The molecule has 0 amide bonds. The molecule has 0 atom stereocenters. The molecule has 0 spiro atoms. The van der Waals surface area contributed by atoms with Crippen molar-refractivity contribution in [2.24, 2.45) is 0 Å². The van der Waals surface area contributed by atoms with Gasteiger partial charge in [-0.25, -0.2) is 0 Å². The Morgan fingerprint density at radius 2 is 1.62 bits per heavy atom. The van der Waals surface area contributed by atoms with Gasteiger partial charge < -0.3 is 4.98 Å². The number of fused-ring (bicyclic) bond motifs is 1. The molecule has 5 aromatic rings. The van der Waals surface area contributed by atoms with Crippen molar-refractivity contribution >= 4 is 34.3 Å². The second-order valence-electron chi connectivity index (χ2n) is 6.61. The molecule has 0 bridgehead atoms. The monoisotopic (exact) mass is 416 g/mol. The Bertz CT molecular complexity index is 1280. The lowest BCUT2D eigenvalue weighted by molar-refractivity contribution is 0.886. The number of halogens is 1. The minimum atomic E-state index is 0.658. The van der Waals surface area contributed by atoms with E-state index in [1.165, 1.54) is 10.9 Å². The summed E-state index contributed by atoms with van der Waals surface area (Å²) in [5.74, 6) is 1.53. The molecule has 0 aliphatic carbocycles. The predicted molar refractivity (Wildman–Crippen MR) is 120 cm³/mol. The fraction of sp³-hybridized carbons (Fsp3) is 0.0435. The molecule has 0 fully saturated rings. The average Bonchev–Trinajstić information content (AvgIpc) is 3.37. The Kier molecular flexibility index (Phi) is 4.84. The van der Waals surface area contributed by atoms with Crippen LogP contribution in [0.25, 0.3) is 28.0 Å². The number of para-hydroxylation sites is 2. The molecule has 0 aliphatic rings. The van der Waals surface area contributed by atoms with Gasteiger partial charge in [-0.05, 0) is 35.9 Å². The van der Waals surface area contributed by atoms with Crippen LogP contribution in [-0.2, 0) is 5.75 Å². The third kappa shape index (κ3) is 3.43. The van der Waals surface area contributed by atoms with Gasteiger partial charge in [0.2, 0.25) is 0 Å². The van der Waals surface area contributed by atoms with E-state index >= 15 is 0 Å². The topological polar surface area (TPSA) is 46.5 Å². The SMILES string of the molecule is Clc1ccccc1-c1nnc(SCc2c[nH]c3ccccc23)n1-c1ccccc1. The zero-order valence-corrected chi connectivity index (χ0v) is 17.0. The number of aromatic amines is 1. The molecule has 0 aliphatic heterocycles. The summed E-state index contributed by atoms with van der Waals surface area (Å²) in [4.78, 5) is 3.34. The van der Waals surface area contributed by atoms with E-state index in [0.717, 1.165) is 33.5 Å². The highest BCUT2D eigenvalue weighted by Crippen LogP contribution is 2.33. The molecule has 4 nitrogen and oxygen atoms in total. The smallest absolute Gasteiger partial charge is 0.196 e. The van der Waals surface area contributed by atoms with Crippen LogP contribution in [0.15, 0.2) is 90.2 Å². The number of nitrogens with one attached hydrogen (secondary N) is 1. The first-order valence-electron chi connectivity index (χ1n) is 9.25. The Morgan fingerprint density at radius 1 is 0.862 bits per heavy atom. The molecule has 3 aromatic carbocycles. The van der Waals surface area contributed by atoms with Crippen molar-refractivity contribution in [3.63, 3.8) is 0 Å². The van der Waals surface area contributed by atoms with Gasteiger partial charge in [0.05, 0.1) is 5.02 Å². The standard InChI is InChI=1S/C23H17ClN4S/c24-20-12-6-4-11-19(20)22-26-27-23(28(22)17-8-2-1-3-9-17)29-15-16-14-25-21-13-7-5-10-18(16)21/h1-14,25H,15H2. The highest BCUT2D eigenvalue weighted by Gasteiger charge is 2.18. The number of aromatic nitrogens is 4. The van der Waals surface area contributed by atoms with Crippen molar-refractivity contribution in [3.8, 4) is 17.1 Å². The van der Waals surface area contributed by atoms with Gasteiger partial charge in [0.25, 0.3) is 0 Å². The largest absolute Gasteiger partial charge is 0.361 e. The molecule has 1 N–H and O–H groups in total. The first-order valence-corrected chi connectivity index (χ1v) is 10.6. The van der Waals surface area contributed by atoms with E-state index in [9.17, 15) is 0 Å². The fourth-order valence-corrected chi connectivity index (χ4v) is 4.55. The summed E-state index contributed by atoms with van der Waals surface area (Å²) >= 11 is 8.12. The zero-order chi connectivity index (χ0) is 19.6. The first kappa shape index (κ1) is 18.0. The Labute approximate surface area is 177 Å². The molecule has 2 aromatic heterocycles. The highest BCUT2D eigenvalue weighted by atomic mass is 35.5. The second kappa shape index (κ2) is 7.78. The predicted octanol–water partition coefficient (Wildman–Crippen LogP) is 6.36. The van der Waals surface area contributed by atoms with Gasteiger partial charge in [-0.2, -0.15) is 0 Å². The minimum absolute atomic E-state index is 0.658. The van der Waals surface area contributed by atoms with Crippen molar-refractivity contribution in [1.82, 2.24) is 19.7 Å². The summed E-state index contributed by atoms with van der Waals surface area (Å²) in [7, 11) is 0. The summed E-state index contributed by atoms with van der Waals surface area (Å²) in [5.41, 5.74) is 4.26. The number of hydrogen-bond donors (Lipinski definition) is 1. The second-order valence-corrected chi connectivity index (χ2v) is 7.95. The molecule has 29 heavy (non-hydrogen) atoms. The first-order chi connectivity index (χ1) is 14.3. The molecule has 142 valence electrons. The summed E-state index contributed by atoms with van der Waals surface area (Å²) in [5, 5.41) is 11.7. The maximum absolute atomic E-state index is 6.46. The van der Waals surface area contributed by atoms with Crippen molar-refractivity contribution in [2.45, 2.75) is 10.9 Å². The lowest BCUT2D eigenvalue weighted by atomic mass is 10.2. The van der Waals surface area contributed by atoms with Gasteiger partial charge in [0, 0.05) is 34.1 Å². The van der Waals surface area contributed by atoms with E-state index in [0.29, 0.717) is 5.02 Å². The number of thioether (sulfide) groups is 1. The molecule has 5 rings (SSSR count). The Hall–Kier alpha value is -3.02. The van der Waals surface area contributed by atoms with Crippen LogP contribution in [0, 0.1) is 0 Å². The van der Waals surface area contributed by atoms with Gasteiger partial charge in [0.1, 0.15) is 0 Å². The lowest BCUT2D eigenvalue weighted by Crippen LogP contribution is -2.00. The molecular weight excluding hydrogens is 400 g/mol. The van der Waals surface area contributed by atoms with E-state index in [4.69, 9.17) is 11.6 Å². The molecule has 0 saturated carbocycles. The van der Waals surface area contributed by atoms with E-state index in [1.807, 2.05) is 48.5 Å². The van der Waals surface area contributed by atoms with Gasteiger partial charge in [-0.3, -0.25) is 4.57 Å². The van der Waals surface area contributed by atoms with Crippen molar-refractivity contribution in [1.29, 1.82) is 0 Å². The maximum atomic E-state index is 6.46. The van der Waals surface area contributed by atoms with Crippen LogP contribution >= 0.6 is 23.4 Å². The van der Waals surface area contributed by atoms with E-state index in [2.05, 4.69) is 56.3 Å². The normalized spacial score (nSPS) is 11.2. The summed E-state index contributed by atoms with van der Waals surface area (Å²) < 4.78 is 2.07. The van der Waals surface area contributed by atoms with Gasteiger partial charge in [-0.15, -0.1) is 10.2 Å². The summed E-state index contributed by atoms with van der Waals surface area (Å²) in [6.07, 6.45) is 2.07. The molecule has 2 heterocycles. The van der Waals surface area contributed by atoms with Gasteiger partial charge >= 0.3 is 0 Å². The molecule has 0 saturated heterocycles. The Morgan fingerprint density at radius 3 is 2.48 bits per heavy atom. The van der Waals surface area contributed by atoms with Crippen molar-refractivity contribution < 1.29 is 0 Å². The van der Waals surface area contributed by atoms with Crippen LogP contribution in [0.3, 0.4) is 0 Å². The fourth-order valence-electron chi connectivity index (χ4n) is 3.38. The lowest BCUT2D eigenvalue weighted by Gasteiger charge is -2.11. The highest BCUT2D eigenvalue weighted by molar-refractivity contribution is 7.98. The van der Waals surface area contributed by atoms with E-state index in [-0.39, 0.29) is 0 Å². The van der Waals surface area contributed by atoms with Crippen LogP contribution in [0.2, 0.25) is 5.02 Å². The third-order valence-electron chi connectivity index (χ3n) is 4.79. The molecular formula is C23H17ClN4S. The van der Waals surface area contributed by atoms with Crippen LogP contribution < -0.4 is 0 Å². The summed E-state index contributed by atoms with van der Waals surface area (Å²) in [6, 6.07) is 26.2. The minimum Gasteiger partial charge on any atom is -0.361 e. The van der Waals surface area contributed by atoms with E-state index < -0.39 is 0 Å². The number of rotatable bonds is 5. The van der Waals surface area contributed by atoms with Crippen molar-refractivity contribution in [2.75, 3.05) is 0 Å². The van der Waals surface area contributed by atoms with Gasteiger partial charge in [0.15, 0.2) is 11.0 Å². The number of nitrogens with zero attached hydrogens (tertiary/aromatic N) is 3. The Balaban J connectivity index is 1.55. The van der Waals surface area contributed by atoms with Crippen LogP contribution in [-0.4, -0.2) is 19.7 Å². The van der Waals surface area contributed by atoms with Crippen molar-refractivity contribution in [3.05, 3.63) is 95.6 Å². The number of H-pyrrole nitrogens is 1. The van der Waals surface area contributed by atoms with Crippen LogP contribution in [0.4, 0.5) is 0 Å². The van der Waals surface area contributed by atoms with Crippen LogP contribution in [0.1, 0.15) is 5.56 Å². The third-order valence-corrected chi connectivity index (χ3v) is 6.10. The number of benzene rings is 3. The maximum Gasteiger partial charge on any atom is 0.196 e. The zero-order valence-electron chi connectivity index (χ0n) is 15.4. The average molecular weight is 417 g/mol. The molecule has 0 unspecified atom stereocenters. The molecule has 0 radical (unpaired) electrons. The van der Waals surface area contributed by atoms with Gasteiger partial charge in [-0.1, -0.05) is 71.9 Å². The number of hydrogen-bond acceptors (Lipinski definition) is 3. The quantitative estimate of drug-likeness (QED) is 0.339. The van der Waals surface area contributed by atoms with E-state index in [1.54, 1.807) is 11.8 Å². The van der Waals surface area contributed by atoms with Crippen LogP contribution in [0.5, 0.6) is 0 Å². The summed E-state index contributed by atoms with van der Waals surface area (Å²) in [6.45, 7) is 0. The molecule has 6 heteroatoms.